The van der Waals surface area contributed by atoms with Gasteiger partial charge in [0.2, 0.25) is 0 Å². The Morgan fingerprint density at radius 1 is 1.14 bits per heavy atom. The smallest absolute Gasteiger partial charge is 0.416 e. The number of amides is 1. The van der Waals surface area contributed by atoms with Gasteiger partial charge in [-0.1, -0.05) is 19.9 Å². The number of hydrogen-bond acceptors (Lipinski definition) is 5. The topological polar surface area (TPSA) is 51.2 Å². The highest BCUT2D eigenvalue weighted by Gasteiger charge is 2.31. The summed E-state index contributed by atoms with van der Waals surface area (Å²) >= 11 is 0. The molecule has 0 radical (unpaired) electrons. The Balaban J connectivity index is 1.69. The predicted octanol–water partition coefficient (Wildman–Crippen LogP) is 4.72. The molecule has 1 aliphatic rings. The van der Waals surface area contributed by atoms with Gasteiger partial charge in [-0.25, -0.2) is 0 Å². The van der Waals surface area contributed by atoms with Crippen molar-refractivity contribution in [1.29, 1.82) is 0 Å². The number of hydrogen-bond donors (Lipinski definition) is 0. The summed E-state index contributed by atoms with van der Waals surface area (Å²) in [6.07, 6.45) is -4.66. The number of ether oxygens (including phenoxy) is 3. The SMILES string of the molecule is COc1ccc(CN2CCO[C@H](CN(CC(C)C)C(=O)c3ccc(C(F)(F)F)cc3)C2)c(OC)c1. The summed E-state index contributed by atoms with van der Waals surface area (Å²) in [5, 5.41) is 0. The molecule has 6 nitrogen and oxygen atoms in total. The van der Waals surface area contributed by atoms with Crippen LogP contribution >= 0.6 is 0 Å². The van der Waals surface area contributed by atoms with Gasteiger partial charge in [-0.3, -0.25) is 9.69 Å². The van der Waals surface area contributed by atoms with Crippen LogP contribution in [-0.4, -0.2) is 68.8 Å². The highest BCUT2D eigenvalue weighted by atomic mass is 19.4. The van der Waals surface area contributed by atoms with Crippen molar-refractivity contribution >= 4 is 5.91 Å². The zero-order chi connectivity index (χ0) is 25.6. The van der Waals surface area contributed by atoms with Crippen LogP contribution in [0.4, 0.5) is 13.2 Å². The third-order valence-electron chi connectivity index (χ3n) is 5.87. The minimum Gasteiger partial charge on any atom is -0.497 e. The van der Waals surface area contributed by atoms with Gasteiger partial charge in [0.05, 0.1) is 32.5 Å². The number of carbonyl (C=O) groups excluding carboxylic acids is 1. The monoisotopic (exact) mass is 494 g/mol. The molecule has 0 spiro atoms. The summed E-state index contributed by atoms with van der Waals surface area (Å²) in [4.78, 5) is 17.1. The number of rotatable bonds is 9. The first-order valence-electron chi connectivity index (χ1n) is 11.6. The first-order valence-corrected chi connectivity index (χ1v) is 11.6. The van der Waals surface area contributed by atoms with E-state index in [-0.39, 0.29) is 23.5 Å². The lowest BCUT2D eigenvalue weighted by Crippen LogP contribution is -2.49. The third kappa shape index (κ3) is 7.35. The van der Waals surface area contributed by atoms with Gasteiger partial charge in [0.1, 0.15) is 11.5 Å². The zero-order valence-electron chi connectivity index (χ0n) is 20.6. The highest BCUT2D eigenvalue weighted by Crippen LogP contribution is 2.29. The van der Waals surface area contributed by atoms with Gasteiger partial charge < -0.3 is 19.1 Å². The van der Waals surface area contributed by atoms with Crippen LogP contribution in [0.3, 0.4) is 0 Å². The Morgan fingerprint density at radius 3 is 2.46 bits per heavy atom. The Hall–Kier alpha value is -2.78. The lowest BCUT2D eigenvalue weighted by Gasteiger charge is -2.36. The molecule has 0 saturated carbocycles. The molecular formula is C26H33F3N2O4. The quantitative estimate of drug-likeness (QED) is 0.505. The number of morpholine rings is 1. The highest BCUT2D eigenvalue weighted by molar-refractivity contribution is 5.94. The number of nitrogens with zero attached hydrogens (tertiary/aromatic N) is 2. The Labute approximate surface area is 204 Å². The molecule has 1 atom stereocenters. The van der Waals surface area contributed by atoms with E-state index in [0.29, 0.717) is 32.8 Å². The maximum Gasteiger partial charge on any atom is 0.416 e. The standard InChI is InChI=1S/C26H33F3N2O4/c1-18(2)14-31(25(32)19-5-8-21(9-6-19)26(27,28)29)17-23-16-30(11-12-35-23)15-20-7-10-22(33-3)13-24(20)34-4/h5-10,13,18,23H,11-12,14-17H2,1-4H3/t23-/m0/s1. The molecule has 1 fully saturated rings. The average Bonchev–Trinajstić information content (AvgIpc) is 2.83. The molecule has 192 valence electrons. The molecule has 0 bridgehead atoms. The largest absolute Gasteiger partial charge is 0.497 e. The second-order valence-corrected chi connectivity index (χ2v) is 9.08. The summed E-state index contributed by atoms with van der Waals surface area (Å²) in [6.45, 7) is 7.36. The van der Waals surface area contributed by atoms with Crippen LogP contribution in [-0.2, 0) is 17.5 Å². The van der Waals surface area contributed by atoms with Crippen molar-refractivity contribution in [2.75, 3.05) is 47.0 Å². The molecule has 3 rings (SSSR count). The molecule has 0 N–H and O–H groups in total. The average molecular weight is 495 g/mol. The van der Waals surface area contributed by atoms with Crippen LogP contribution in [0.2, 0.25) is 0 Å². The molecule has 1 aliphatic heterocycles. The van der Waals surface area contributed by atoms with Gasteiger partial charge in [-0.2, -0.15) is 13.2 Å². The van der Waals surface area contributed by atoms with Crippen molar-refractivity contribution in [3.05, 3.63) is 59.2 Å². The molecule has 0 aromatic heterocycles. The third-order valence-corrected chi connectivity index (χ3v) is 5.87. The van der Waals surface area contributed by atoms with Crippen LogP contribution in [0.25, 0.3) is 0 Å². The molecule has 0 unspecified atom stereocenters. The van der Waals surface area contributed by atoms with Crippen molar-refractivity contribution in [2.24, 2.45) is 5.92 Å². The van der Waals surface area contributed by atoms with Crippen LogP contribution in [0.1, 0.15) is 35.3 Å². The molecule has 1 heterocycles. The van der Waals surface area contributed by atoms with E-state index in [0.717, 1.165) is 35.7 Å². The van der Waals surface area contributed by atoms with Gasteiger partial charge in [-0.15, -0.1) is 0 Å². The van der Waals surface area contributed by atoms with Crippen molar-refractivity contribution in [1.82, 2.24) is 9.80 Å². The van der Waals surface area contributed by atoms with Crippen LogP contribution in [0, 0.1) is 5.92 Å². The fourth-order valence-electron chi connectivity index (χ4n) is 4.17. The molecule has 35 heavy (non-hydrogen) atoms. The lowest BCUT2D eigenvalue weighted by atomic mass is 10.1. The number of alkyl halides is 3. The summed E-state index contributed by atoms with van der Waals surface area (Å²) in [6, 6.07) is 10.1. The second-order valence-electron chi connectivity index (χ2n) is 9.08. The van der Waals surface area contributed by atoms with Gasteiger partial charge in [-0.05, 0) is 36.2 Å². The van der Waals surface area contributed by atoms with Gasteiger partial charge in [0.25, 0.3) is 5.91 Å². The molecule has 1 amide bonds. The molecule has 1 saturated heterocycles. The minimum absolute atomic E-state index is 0.191. The maximum absolute atomic E-state index is 13.2. The molecule has 0 aliphatic carbocycles. The summed E-state index contributed by atoms with van der Waals surface area (Å²) < 4.78 is 55.5. The van der Waals surface area contributed by atoms with Gasteiger partial charge in [0.15, 0.2) is 0 Å². The first kappa shape index (κ1) is 26.8. The van der Waals surface area contributed by atoms with Crippen LogP contribution in [0.5, 0.6) is 11.5 Å². The van der Waals surface area contributed by atoms with Gasteiger partial charge >= 0.3 is 6.18 Å². The number of halogens is 3. The van der Waals surface area contributed by atoms with Crippen LogP contribution < -0.4 is 9.47 Å². The fourth-order valence-corrected chi connectivity index (χ4v) is 4.17. The molecule has 9 heteroatoms. The van der Waals surface area contributed by atoms with E-state index in [2.05, 4.69) is 4.90 Å². The van der Waals surface area contributed by atoms with E-state index in [1.54, 1.807) is 19.1 Å². The zero-order valence-corrected chi connectivity index (χ0v) is 20.6. The van der Waals surface area contributed by atoms with E-state index in [1.807, 2.05) is 32.0 Å². The van der Waals surface area contributed by atoms with E-state index >= 15 is 0 Å². The number of carbonyl (C=O) groups is 1. The predicted molar refractivity (Wildman–Crippen MR) is 127 cm³/mol. The van der Waals surface area contributed by atoms with Crippen molar-refractivity contribution in [3.63, 3.8) is 0 Å². The normalized spacial score (nSPS) is 16.9. The van der Waals surface area contributed by atoms with E-state index in [4.69, 9.17) is 14.2 Å². The van der Waals surface area contributed by atoms with Crippen molar-refractivity contribution in [2.45, 2.75) is 32.7 Å². The Kier molecular flexibility index (Phi) is 9.02. The summed E-state index contributed by atoms with van der Waals surface area (Å²) in [5.41, 5.74) is 0.479. The van der Waals surface area contributed by atoms with Crippen molar-refractivity contribution in [3.8, 4) is 11.5 Å². The minimum atomic E-state index is -4.44. The van der Waals surface area contributed by atoms with E-state index in [9.17, 15) is 18.0 Å². The van der Waals surface area contributed by atoms with Gasteiger partial charge in [0, 0.05) is 49.9 Å². The number of benzene rings is 2. The number of methoxy groups -OCH3 is 2. The first-order chi connectivity index (χ1) is 16.6. The maximum atomic E-state index is 13.2. The van der Waals surface area contributed by atoms with Crippen molar-refractivity contribution < 1.29 is 32.2 Å². The fraction of sp³-hybridized carbons (Fsp3) is 0.500. The second kappa shape index (κ2) is 11.8. The van der Waals surface area contributed by atoms with E-state index < -0.39 is 11.7 Å². The summed E-state index contributed by atoms with van der Waals surface area (Å²) in [5.74, 6) is 1.35. The molecule has 2 aromatic rings. The molecular weight excluding hydrogens is 461 g/mol. The molecule has 2 aromatic carbocycles. The van der Waals surface area contributed by atoms with E-state index in [1.165, 1.54) is 12.1 Å². The Bertz CT molecular complexity index is 980. The summed E-state index contributed by atoms with van der Waals surface area (Å²) in [7, 11) is 3.23. The van der Waals surface area contributed by atoms with Crippen LogP contribution in [0.15, 0.2) is 42.5 Å². The Morgan fingerprint density at radius 2 is 1.86 bits per heavy atom. The lowest BCUT2D eigenvalue weighted by molar-refractivity contribution is -0.137.